The molecule has 0 saturated carbocycles. The summed E-state index contributed by atoms with van der Waals surface area (Å²) in [5.74, 6) is -1.34. The Labute approximate surface area is 208 Å². The van der Waals surface area contributed by atoms with Gasteiger partial charge in [-0.3, -0.25) is 19.3 Å². The van der Waals surface area contributed by atoms with E-state index in [0.29, 0.717) is 17.0 Å². The molecule has 0 aliphatic carbocycles. The number of nitrogen functional groups attached to an aromatic ring is 1. The van der Waals surface area contributed by atoms with E-state index in [9.17, 15) is 14.4 Å². The van der Waals surface area contributed by atoms with Crippen molar-refractivity contribution in [2.45, 2.75) is 39.3 Å². The molecule has 0 spiro atoms. The van der Waals surface area contributed by atoms with E-state index in [4.69, 9.17) is 16.2 Å². The summed E-state index contributed by atoms with van der Waals surface area (Å²) in [6.45, 7) is 7.50. The van der Waals surface area contributed by atoms with E-state index in [-0.39, 0.29) is 16.3 Å². The number of hydrogen-bond donors (Lipinski definition) is 3. The number of hydrogen-bond acceptors (Lipinski definition) is 7. The molecule has 0 aliphatic heterocycles. The van der Waals surface area contributed by atoms with Gasteiger partial charge in [0.05, 0.1) is 12.8 Å². The molecule has 9 nitrogen and oxygen atoms in total. The predicted molar refractivity (Wildman–Crippen MR) is 137 cm³/mol. The third kappa shape index (κ3) is 5.78. The van der Waals surface area contributed by atoms with E-state index in [1.165, 1.54) is 12.0 Å². The first-order valence-electron chi connectivity index (χ1n) is 10.8. The molecule has 0 bridgehead atoms. The van der Waals surface area contributed by atoms with Gasteiger partial charge in [0, 0.05) is 17.3 Å². The van der Waals surface area contributed by atoms with Crippen molar-refractivity contribution >= 4 is 40.6 Å². The largest absolute Gasteiger partial charge is 0.497 e. The fourth-order valence-electron chi connectivity index (χ4n) is 3.49. The fourth-order valence-corrected chi connectivity index (χ4v) is 4.23. The maximum absolute atomic E-state index is 14.0. The summed E-state index contributed by atoms with van der Waals surface area (Å²) >= 11 is 0.755. The van der Waals surface area contributed by atoms with Crippen LogP contribution >= 0.6 is 11.5 Å². The zero-order valence-corrected chi connectivity index (χ0v) is 21.1. The molecule has 3 aromatic rings. The Kier molecular flexibility index (Phi) is 7.45. The molecule has 184 valence electrons. The van der Waals surface area contributed by atoms with Crippen LogP contribution in [0.5, 0.6) is 5.75 Å². The molecule has 1 aromatic heterocycles. The molecule has 10 heteroatoms. The number of benzene rings is 2. The summed E-state index contributed by atoms with van der Waals surface area (Å²) < 4.78 is 9.32. The van der Waals surface area contributed by atoms with E-state index in [0.717, 1.165) is 17.1 Å². The summed E-state index contributed by atoms with van der Waals surface area (Å²) in [4.78, 5) is 40.7. The van der Waals surface area contributed by atoms with Crippen molar-refractivity contribution < 1.29 is 19.1 Å². The number of aryl methyl sites for hydroxylation is 1. The lowest BCUT2D eigenvalue weighted by molar-refractivity contribution is -0.123. The molecule has 3 rings (SSSR count). The van der Waals surface area contributed by atoms with Crippen molar-refractivity contribution in [3.8, 4) is 5.75 Å². The van der Waals surface area contributed by atoms with Gasteiger partial charge in [-0.25, -0.2) is 0 Å². The van der Waals surface area contributed by atoms with Gasteiger partial charge in [-0.15, -0.1) is 0 Å². The molecule has 0 fully saturated rings. The minimum atomic E-state index is -1.06. The van der Waals surface area contributed by atoms with Crippen LogP contribution in [-0.2, 0) is 4.79 Å². The Morgan fingerprint density at radius 2 is 1.77 bits per heavy atom. The number of primary amides is 1. The maximum Gasteiger partial charge on any atom is 0.273 e. The predicted octanol–water partition coefficient (Wildman–Crippen LogP) is 3.44. The highest BCUT2D eigenvalue weighted by atomic mass is 32.1. The lowest BCUT2D eigenvalue weighted by Gasteiger charge is -2.33. The molecule has 5 N–H and O–H groups in total. The maximum atomic E-state index is 14.0. The number of aromatic nitrogens is 1. The summed E-state index contributed by atoms with van der Waals surface area (Å²) in [6.07, 6.45) is 0. The number of amides is 3. The molecule has 3 amide bonds. The Bertz CT molecular complexity index is 1250. The van der Waals surface area contributed by atoms with Crippen molar-refractivity contribution in [1.29, 1.82) is 0 Å². The monoisotopic (exact) mass is 495 g/mol. The Balaban J connectivity index is 2.25. The van der Waals surface area contributed by atoms with Gasteiger partial charge in [-0.05, 0) is 56.9 Å². The highest BCUT2D eigenvalue weighted by Gasteiger charge is 2.37. The average Bonchev–Trinajstić information content (AvgIpc) is 3.18. The van der Waals surface area contributed by atoms with Crippen LogP contribution in [0, 0.1) is 6.92 Å². The molecule has 1 atom stereocenters. The second-order valence-electron chi connectivity index (χ2n) is 9.07. The van der Waals surface area contributed by atoms with Crippen LogP contribution in [0.4, 0.5) is 11.4 Å². The second-order valence-corrected chi connectivity index (χ2v) is 9.84. The second kappa shape index (κ2) is 10.1. The van der Waals surface area contributed by atoms with Gasteiger partial charge < -0.3 is 21.5 Å². The normalized spacial score (nSPS) is 12.0. The zero-order valence-electron chi connectivity index (χ0n) is 20.3. The molecule has 2 aromatic carbocycles. The van der Waals surface area contributed by atoms with Gasteiger partial charge in [0.25, 0.3) is 11.8 Å². The quantitative estimate of drug-likeness (QED) is 0.459. The number of anilines is 2. The molecule has 0 radical (unpaired) electrons. The van der Waals surface area contributed by atoms with Crippen LogP contribution in [0.3, 0.4) is 0 Å². The van der Waals surface area contributed by atoms with E-state index in [2.05, 4.69) is 9.69 Å². The van der Waals surface area contributed by atoms with Crippen molar-refractivity contribution in [2.75, 3.05) is 17.7 Å². The number of carbonyl (C=O) groups excluding carboxylic acids is 3. The Morgan fingerprint density at radius 3 is 2.31 bits per heavy atom. The first-order valence-corrected chi connectivity index (χ1v) is 11.6. The first-order chi connectivity index (χ1) is 16.4. The lowest BCUT2D eigenvalue weighted by atomic mass is 9.99. The van der Waals surface area contributed by atoms with Crippen molar-refractivity contribution in [2.24, 2.45) is 5.73 Å². The molecular formula is C25H29N5O4S. The van der Waals surface area contributed by atoms with Gasteiger partial charge in [0.2, 0.25) is 5.91 Å². The molecular weight excluding hydrogens is 466 g/mol. The standard InChI is InChI=1S/C25H29N5O4S/c1-14-9-11-15(12-10-14)20(23(32)28-25(2,3)4)30(16-7-6-8-17(13-16)34-5)24(33)21-18(26)19(22(27)31)29-35-21/h6-13,20H,26H2,1-5H3,(H2,27,31)(H,28,32)/t20-/m1/s1. The van der Waals surface area contributed by atoms with Gasteiger partial charge in [0.1, 0.15) is 16.7 Å². The highest BCUT2D eigenvalue weighted by molar-refractivity contribution is 7.09. The SMILES string of the molecule is COc1cccc(N(C(=O)c2snc(C(N)=O)c2N)[C@@H](C(=O)NC(C)(C)C)c2ccc(C)cc2)c1. The molecule has 35 heavy (non-hydrogen) atoms. The summed E-state index contributed by atoms with van der Waals surface area (Å²) in [7, 11) is 1.51. The first kappa shape index (κ1) is 25.7. The molecule has 0 aliphatic rings. The van der Waals surface area contributed by atoms with Gasteiger partial charge in [-0.2, -0.15) is 4.37 Å². The topological polar surface area (TPSA) is 141 Å². The number of nitrogens with one attached hydrogen (secondary N) is 1. The van der Waals surface area contributed by atoms with Crippen LogP contribution in [0.25, 0.3) is 0 Å². The Morgan fingerprint density at radius 1 is 1.11 bits per heavy atom. The van der Waals surface area contributed by atoms with Crippen LogP contribution in [-0.4, -0.2) is 34.7 Å². The fraction of sp³-hybridized carbons (Fsp3) is 0.280. The third-order valence-corrected chi connectivity index (χ3v) is 5.95. The minimum Gasteiger partial charge on any atom is -0.497 e. The number of carbonyl (C=O) groups is 3. The van der Waals surface area contributed by atoms with Crippen LogP contribution in [0.2, 0.25) is 0 Å². The molecule has 0 saturated heterocycles. The average molecular weight is 496 g/mol. The summed E-state index contributed by atoms with van der Waals surface area (Å²) in [6, 6.07) is 13.1. The number of nitrogens with two attached hydrogens (primary N) is 2. The number of methoxy groups -OCH3 is 1. The van der Waals surface area contributed by atoms with E-state index in [1.807, 2.05) is 39.8 Å². The number of rotatable bonds is 7. The van der Waals surface area contributed by atoms with Crippen LogP contribution < -0.4 is 26.4 Å². The van der Waals surface area contributed by atoms with Gasteiger partial charge >= 0.3 is 0 Å². The van der Waals surface area contributed by atoms with Crippen LogP contribution in [0.1, 0.15) is 58.1 Å². The van der Waals surface area contributed by atoms with Crippen molar-refractivity contribution in [1.82, 2.24) is 9.69 Å². The highest BCUT2D eigenvalue weighted by Crippen LogP contribution is 2.35. The van der Waals surface area contributed by atoms with E-state index >= 15 is 0 Å². The van der Waals surface area contributed by atoms with Gasteiger partial charge in [0.15, 0.2) is 5.69 Å². The lowest BCUT2D eigenvalue weighted by Crippen LogP contribution is -2.49. The Hall–Kier alpha value is -3.92. The number of ether oxygens (including phenoxy) is 1. The van der Waals surface area contributed by atoms with Crippen molar-refractivity contribution in [3.05, 3.63) is 70.2 Å². The number of nitrogens with zero attached hydrogens (tertiary/aromatic N) is 2. The van der Waals surface area contributed by atoms with E-state index < -0.39 is 29.3 Å². The molecule has 0 unspecified atom stereocenters. The third-order valence-electron chi connectivity index (χ3n) is 5.10. The zero-order chi connectivity index (χ0) is 25.9. The minimum absolute atomic E-state index is 0.00212. The summed E-state index contributed by atoms with van der Waals surface area (Å²) in [5, 5.41) is 2.97. The molecule has 1 heterocycles. The smallest absolute Gasteiger partial charge is 0.273 e. The van der Waals surface area contributed by atoms with Crippen LogP contribution in [0.15, 0.2) is 48.5 Å². The summed E-state index contributed by atoms with van der Waals surface area (Å²) in [5.41, 5.74) is 12.6. The van der Waals surface area contributed by atoms with E-state index in [1.54, 1.807) is 36.4 Å². The van der Waals surface area contributed by atoms with Gasteiger partial charge in [-0.1, -0.05) is 35.9 Å². The van der Waals surface area contributed by atoms with Crippen molar-refractivity contribution in [3.63, 3.8) is 0 Å².